The summed E-state index contributed by atoms with van der Waals surface area (Å²) in [6.07, 6.45) is 1.74. The highest BCUT2D eigenvalue weighted by atomic mass is 15.3. The molecular formula is C10H20N6. The Kier molecular flexibility index (Phi) is 3.52. The zero-order chi connectivity index (χ0) is 11.5. The summed E-state index contributed by atoms with van der Waals surface area (Å²) < 4.78 is 1.96. The number of likely N-dealkylation sites (N-methyl/N-ethyl adjacent to an activating group) is 1. The van der Waals surface area contributed by atoms with Crippen LogP contribution in [0.5, 0.6) is 0 Å². The van der Waals surface area contributed by atoms with Crippen LogP contribution in [0, 0.1) is 0 Å². The first-order chi connectivity index (χ1) is 7.70. The molecule has 0 saturated carbocycles. The van der Waals surface area contributed by atoms with Gasteiger partial charge in [-0.15, -0.1) is 10.2 Å². The molecule has 1 aliphatic heterocycles. The zero-order valence-electron chi connectivity index (χ0n) is 10.0. The quantitative estimate of drug-likeness (QED) is 0.705. The lowest BCUT2D eigenvalue weighted by atomic mass is 10.1. The Morgan fingerprint density at radius 1 is 1.44 bits per heavy atom. The molecule has 0 aromatic carbocycles. The fourth-order valence-electron chi connectivity index (χ4n) is 2.11. The average Bonchev–Trinajstić information content (AvgIpc) is 2.67. The maximum absolute atomic E-state index is 5.81. The van der Waals surface area contributed by atoms with Gasteiger partial charge in [0.2, 0.25) is 0 Å². The lowest BCUT2D eigenvalue weighted by Crippen LogP contribution is -2.54. The predicted octanol–water partition coefficient (Wildman–Crippen LogP) is -1.11. The van der Waals surface area contributed by atoms with Gasteiger partial charge in [-0.05, 0) is 7.05 Å². The molecule has 90 valence electrons. The topological polar surface area (TPSA) is 63.2 Å². The summed E-state index contributed by atoms with van der Waals surface area (Å²) in [7, 11) is 4.12. The summed E-state index contributed by atoms with van der Waals surface area (Å²) in [5.74, 6) is 1.00. The molecule has 16 heavy (non-hydrogen) atoms. The van der Waals surface area contributed by atoms with Crippen molar-refractivity contribution < 1.29 is 0 Å². The van der Waals surface area contributed by atoms with Gasteiger partial charge >= 0.3 is 0 Å². The standard InChI is InChI=1S/C10H20N6/c1-14-3-4-16(9(5-11)6-14)7-10-13-12-8-15(10)2/h8-9H,3-7,11H2,1-2H3. The SMILES string of the molecule is CN1CCN(Cc2nncn2C)C(CN)C1. The van der Waals surface area contributed by atoms with Crippen LogP contribution in [0.3, 0.4) is 0 Å². The molecule has 1 saturated heterocycles. The summed E-state index contributed by atoms with van der Waals surface area (Å²) >= 11 is 0. The molecule has 0 amide bonds. The van der Waals surface area contributed by atoms with Gasteiger partial charge in [-0.3, -0.25) is 4.90 Å². The smallest absolute Gasteiger partial charge is 0.146 e. The van der Waals surface area contributed by atoms with Crippen LogP contribution >= 0.6 is 0 Å². The normalized spacial score (nSPS) is 23.8. The Morgan fingerprint density at radius 2 is 2.25 bits per heavy atom. The number of nitrogens with zero attached hydrogens (tertiary/aromatic N) is 5. The maximum atomic E-state index is 5.81. The highest BCUT2D eigenvalue weighted by Crippen LogP contribution is 2.10. The lowest BCUT2D eigenvalue weighted by molar-refractivity contribution is 0.0849. The second-order valence-electron chi connectivity index (χ2n) is 4.48. The average molecular weight is 224 g/mol. The Labute approximate surface area is 96.0 Å². The Balaban J connectivity index is 2.01. The molecule has 1 aromatic heterocycles. The summed E-state index contributed by atoms with van der Waals surface area (Å²) in [5, 5.41) is 8.01. The van der Waals surface area contributed by atoms with Gasteiger partial charge in [-0.2, -0.15) is 0 Å². The van der Waals surface area contributed by atoms with E-state index in [9.17, 15) is 0 Å². The zero-order valence-corrected chi connectivity index (χ0v) is 10.0. The van der Waals surface area contributed by atoms with Crippen molar-refractivity contribution in [2.75, 3.05) is 33.2 Å². The van der Waals surface area contributed by atoms with Crippen LogP contribution in [-0.4, -0.2) is 63.8 Å². The van der Waals surface area contributed by atoms with E-state index in [1.54, 1.807) is 6.33 Å². The van der Waals surface area contributed by atoms with E-state index in [4.69, 9.17) is 5.73 Å². The van der Waals surface area contributed by atoms with Crippen molar-refractivity contribution in [3.8, 4) is 0 Å². The number of hydrogen-bond donors (Lipinski definition) is 1. The summed E-state index contributed by atoms with van der Waals surface area (Å²) in [5.41, 5.74) is 5.81. The number of piperazine rings is 1. The highest BCUT2D eigenvalue weighted by molar-refractivity contribution is 4.89. The Hall–Kier alpha value is -0.980. The first-order valence-electron chi connectivity index (χ1n) is 5.66. The summed E-state index contributed by atoms with van der Waals surface area (Å²) in [6, 6.07) is 0.426. The van der Waals surface area contributed by atoms with Gasteiger partial charge in [-0.25, -0.2) is 0 Å². The lowest BCUT2D eigenvalue weighted by Gasteiger charge is -2.39. The molecule has 2 N–H and O–H groups in total. The van der Waals surface area contributed by atoms with Crippen LogP contribution in [0.4, 0.5) is 0 Å². The molecule has 0 radical (unpaired) electrons. The minimum absolute atomic E-state index is 0.426. The van der Waals surface area contributed by atoms with Crippen molar-refractivity contribution in [3.05, 3.63) is 12.2 Å². The third-order valence-corrected chi connectivity index (χ3v) is 3.23. The fraction of sp³-hybridized carbons (Fsp3) is 0.800. The van der Waals surface area contributed by atoms with E-state index < -0.39 is 0 Å². The maximum Gasteiger partial charge on any atom is 0.146 e. The summed E-state index contributed by atoms with van der Waals surface area (Å²) in [4.78, 5) is 4.72. The molecule has 1 atom stereocenters. The molecule has 0 aliphatic carbocycles. The van der Waals surface area contributed by atoms with E-state index in [1.165, 1.54) is 0 Å². The Morgan fingerprint density at radius 3 is 2.88 bits per heavy atom. The minimum atomic E-state index is 0.426. The second-order valence-corrected chi connectivity index (χ2v) is 4.48. The monoisotopic (exact) mass is 224 g/mol. The molecular weight excluding hydrogens is 204 g/mol. The van der Waals surface area contributed by atoms with Crippen LogP contribution < -0.4 is 5.73 Å². The van der Waals surface area contributed by atoms with Crippen LogP contribution in [0.1, 0.15) is 5.82 Å². The molecule has 6 heteroatoms. The first-order valence-corrected chi connectivity index (χ1v) is 5.66. The molecule has 1 unspecified atom stereocenters. The van der Waals surface area contributed by atoms with Crippen molar-refractivity contribution in [3.63, 3.8) is 0 Å². The molecule has 0 spiro atoms. The third-order valence-electron chi connectivity index (χ3n) is 3.23. The van der Waals surface area contributed by atoms with Crippen LogP contribution in [0.2, 0.25) is 0 Å². The second kappa shape index (κ2) is 4.90. The van der Waals surface area contributed by atoms with Crippen molar-refractivity contribution in [1.29, 1.82) is 0 Å². The van der Waals surface area contributed by atoms with Crippen molar-refractivity contribution in [2.24, 2.45) is 12.8 Å². The highest BCUT2D eigenvalue weighted by Gasteiger charge is 2.24. The number of aromatic nitrogens is 3. The van der Waals surface area contributed by atoms with Gasteiger partial charge in [0.15, 0.2) is 0 Å². The first kappa shape index (κ1) is 11.5. The van der Waals surface area contributed by atoms with E-state index in [-0.39, 0.29) is 0 Å². The van der Waals surface area contributed by atoms with Crippen LogP contribution in [0.25, 0.3) is 0 Å². The number of nitrogens with two attached hydrogens (primary N) is 1. The van der Waals surface area contributed by atoms with Gasteiger partial charge in [0.1, 0.15) is 12.2 Å². The van der Waals surface area contributed by atoms with Crippen LogP contribution in [0.15, 0.2) is 6.33 Å². The van der Waals surface area contributed by atoms with E-state index in [2.05, 4.69) is 27.0 Å². The number of aryl methyl sites for hydroxylation is 1. The van der Waals surface area contributed by atoms with Crippen molar-refractivity contribution in [2.45, 2.75) is 12.6 Å². The number of hydrogen-bond acceptors (Lipinski definition) is 5. The van der Waals surface area contributed by atoms with E-state index in [1.807, 2.05) is 11.6 Å². The van der Waals surface area contributed by atoms with E-state index in [0.717, 1.165) is 32.0 Å². The van der Waals surface area contributed by atoms with Crippen LogP contribution in [-0.2, 0) is 13.6 Å². The van der Waals surface area contributed by atoms with E-state index >= 15 is 0 Å². The minimum Gasteiger partial charge on any atom is -0.329 e. The molecule has 1 aromatic rings. The van der Waals surface area contributed by atoms with Crippen molar-refractivity contribution >= 4 is 0 Å². The Bertz CT molecular complexity index is 336. The van der Waals surface area contributed by atoms with Gasteiger partial charge in [0.25, 0.3) is 0 Å². The van der Waals surface area contributed by atoms with E-state index in [0.29, 0.717) is 12.6 Å². The molecule has 2 heterocycles. The van der Waals surface area contributed by atoms with Crippen molar-refractivity contribution in [1.82, 2.24) is 24.6 Å². The molecule has 1 fully saturated rings. The van der Waals surface area contributed by atoms with Gasteiger partial charge in [0.05, 0.1) is 6.54 Å². The van der Waals surface area contributed by atoms with Gasteiger partial charge in [0, 0.05) is 39.3 Å². The number of rotatable bonds is 3. The van der Waals surface area contributed by atoms with Gasteiger partial charge < -0.3 is 15.2 Å². The fourth-order valence-corrected chi connectivity index (χ4v) is 2.11. The molecule has 6 nitrogen and oxygen atoms in total. The largest absolute Gasteiger partial charge is 0.329 e. The molecule has 1 aliphatic rings. The summed E-state index contributed by atoms with van der Waals surface area (Å²) in [6.45, 7) is 4.71. The predicted molar refractivity (Wildman–Crippen MR) is 61.8 cm³/mol. The third kappa shape index (κ3) is 2.40. The van der Waals surface area contributed by atoms with Gasteiger partial charge in [-0.1, -0.05) is 0 Å². The molecule has 2 rings (SSSR count). The molecule has 0 bridgehead atoms.